The van der Waals surface area contributed by atoms with Crippen molar-refractivity contribution in [2.45, 2.75) is 117 Å². The molecule has 0 saturated carbocycles. The van der Waals surface area contributed by atoms with E-state index in [9.17, 15) is 4.57 Å². The fraction of sp³-hybridized carbons (Fsp3) is 1.00. The molecule has 146 valence electrons. The van der Waals surface area contributed by atoms with E-state index in [-0.39, 0.29) is 5.16 Å². The first-order valence-electron chi connectivity index (χ1n) is 10.4. The topological polar surface area (TPSA) is 35.5 Å². The molecule has 0 aliphatic heterocycles. The number of hydrogen-bond acceptors (Lipinski definition) is 3. The highest BCUT2D eigenvalue weighted by Gasteiger charge is 2.46. The Bertz CT molecular complexity index is 321. The molecule has 0 amide bonds. The minimum absolute atomic E-state index is 0.335. The SMILES string of the molecule is CCCCCCCC(C)(CCCCC)P(=O)(OCCC)OCCC. The zero-order chi connectivity index (χ0) is 18.3. The summed E-state index contributed by atoms with van der Waals surface area (Å²) < 4.78 is 25.4. The summed E-state index contributed by atoms with van der Waals surface area (Å²) in [7, 11) is -3.07. The van der Waals surface area contributed by atoms with Crippen LogP contribution in [0.25, 0.3) is 0 Å². The molecular formula is C20H43O3P. The van der Waals surface area contributed by atoms with Crippen LogP contribution in [0, 0.1) is 0 Å². The van der Waals surface area contributed by atoms with Crippen LogP contribution in [0.2, 0.25) is 0 Å². The maximum absolute atomic E-state index is 13.6. The average Bonchev–Trinajstić information content (AvgIpc) is 2.58. The standard InChI is InChI=1S/C20H43O3P/c1-6-10-12-13-15-17-20(5,16-14-11-7-2)24(21,22-18-8-3)23-19-9-4/h6-19H2,1-5H3. The van der Waals surface area contributed by atoms with Crippen molar-refractivity contribution in [3.05, 3.63) is 0 Å². The normalized spacial score (nSPS) is 14.7. The van der Waals surface area contributed by atoms with Crippen molar-refractivity contribution < 1.29 is 13.6 Å². The van der Waals surface area contributed by atoms with Crippen LogP contribution >= 0.6 is 7.60 Å². The van der Waals surface area contributed by atoms with Gasteiger partial charge in [-0.1, -0.05) is 79.1 Å². The molecule has 0 aromatic carbocycles. The third-order valence-electron chi connectivity index (χ3n) is 4.73. The van der Waals surface area contributed by atoms with Gasteiger partial charge < -0.3 is 9.05 Å². The molecule has 0 aliphatic carbocycles. The van der Waals surface area contributed by atoms with Crippen LogP contribution in [0.15, 0.2) is 0 Å². The van der Waals surface area contributed by atoms with Gasteiger partial charge in [0.25, 0.3) is 0 Å². The Morgan fingerprint density at radius 2 is 1.08 bits per heavy atom. The minimum atomic E-state index is -3.07. The predicted molar refractivity (Wildman–Crippen MR) is 106 cm³/mol. The summed E-state index contributed by atoms with van der Waals surface area (Å²) in [4.78, 5) is 0. The van der Waals surface area contributed by atoms with Gasteiger partial charge in [-0.25, -0.2) is 0 Å². The van der Waals surface area contributed by atoms with Crippen LogP contribution < -0.4 is 0 Å². The fourth-order valence-electron chi connectivity index (χ4n) is 3.04. The summed E-state index contributed by atoms with van der Waals surface area (Å²) in [5.41, 5.74) is 0. The maximum atomic E-state index is 13.6. The van der Waals surface area contributed by atoms with Crippen LogP contribution in [0.4, 0.5) is 0 Å². The molecule has 24 heavy (non-hydrogen) atoms. The van der Waals surface area contributed by atoms with Gasteiger partial charge in [0.05, 0.1) is 18.4 Å². The van der Waals surface area contributed by atoms with Gasteiger partial charge in [-0.2, -0.15) is 0 Å². The van der Waals surface area contributed by atoms with Gasteiger partial charge in [0.15, 0.2) is 0 Å². The molecule has 0 spiro atoms. The second-order valence-electron chi connectivity index (χ2n) is 7.28. The Morgan fingerprint density at radius 1 is 0.667 bits per heavy atom. The highest BCUT2D eigenvalue weighted by molar-refractivity contribution is 7.55. The molecule has 1 atom stereocenters. The average molecular weight is 363 g/mol. The number of unbranched alkanes of at least 4 members (excludes halogenated alkanes) is 6. The Labute approximate surface area is 151 Å². The van der Waals surface area contributed by atoms with Crippen molar-refractivity contribution in [2.24, 2.45) is 0 Å². The molecule has 3 nitrogen and oxygen atoms in total. The molecule has 0 saturated heterocycles. The van der Waals surface area contributed by atoms with E-state index in [1.165, 1.54) is 38.5 Å². The van der Waals surface area contributed by atoms with E-state index in [0.29, 0.717) is 13.2 Å². The lowest BCUT2D eigenvalue weighted by Gasteiger charge is -2.36. The van der Waals surface area contributed by atoms with E-state index in [2.05, 4.69) is 34.6 Å². The molecular weight excluding hydrogens is 319 g/mol. The van der Waals surface area contributed by atoms with Crippen LogP contribution in [0.5, 0.6) is 0 Å². The summed E-state index contributed by atoms with van der Waals surface area (Å²) >= 11 is 0. The third-order valence-corrected chi connectivity index (χ3v) is 7.54. The van der Waals surface area contributed by atoms with Gasteiger partial charge in [-0.3, -0.25) is 4.57 Å². The zero-order valence-corrected chi connectivity index (χ0v) is 18.0. The Kier molecular flexibility index (Phi) is 14.4. The molecule has 0 fully saturated rings. The lowest BCUT2D eigenvalue weighted by molar-refractivity contribution is 0.177. The molecule has 0 aromatic rings. The number of hydrogen-bond donors (Lipinski definition) is 0. The second kappa shape index (κ2) is 14.3. The first kappa shape index (κ1) is 24.1. The third kappa shape index (κ3) is 9.02. The van der Waals surface area contributed by atoms with Gasteiger partial charge in [-0.05, 0) is 32.6 Å². The van der Waals surface area contributed by atoms with E-state index in [1.54, 1.807) is 0 Å². The van der Waals surface area contributed by atoms with Crippen molar-refractivity contribution in [3.63, 3.8) is 0 Å². The summed E-state index contributed by atoms with van der Waals surface area (Å²) in [5.74, 6) is 0. The van der Waals surface area contributed by atoms with Crippen molar-refractivity contribution in [1.82, 2.24) is 0 Å². The fourth-order valence-corrected chi connectivity index (χ4v) is 5.44. The molecule has 0 heterocycles. The highest BCUT2D eigenvalue weighted by atomic mass is 31.2. The second-order valence-corrected chi connectivity index (χ2v) is 9.87. The lowest BCUT2D eigenvalue weighted by atomic mass is 9.95. The van der Waals surface area contributed by atoms with Gasteiger partial charge in [0.2, 0.25) is 0 Å². The molecule has 0 N–H and O–H groups in total. The monoisotopic (exact) mass is 362 g/mol. The Balaban J connectivity index is 4.99. The Morgan fingerprint density at radius 3 is 1.54 bits per heavy atom. The predicted octanol–water partition coefficient (Wildman–Crippen LogP) is 7.73. The highest BCUT2D eigenvalue weighted by Crippen LogP contribution is 2.64. The van der Waals surface area contributed by atoms with Crippen molar-refractivity contribution in [3.8, 4) is 0 Å². The van der Waals surface area contributed by atoms with Crippen molar-refractivity contribution in [2.75, 3.05) is 13.2 Å². The van der Waals surface area contributed by atoms with Gasteiger partial charge in [0.1, 0.15) is 0 Å². The van der Waals surface area contributed by atoms with Crippen LogP contribution in [-0.2, 0) is 13.6 Å². The van der Waals surface area contributed by atoms with Crippen molar-refractivity contribution >= 4 is 7.60 Å². The maximum Gasteiger partial charge on any atom is 0.336 e. The molecule has 0 radical (unpaired) electrons. The summed E-state index contributed by atoms with van der Waals surface area (Å²) in [6.07, 6.45) is 13.3. The smallest absolute Gasteiger partial charge is 0.308 e. The van der Waals surface area contributed by atoms with E-state index in [0.717, 1.165) is 38.5 Å². The van der Waals surface area contributed by atoms with Gasteiger partial charge >= 0.3 is 7.60 Å². The quantitative estimate of drug-likeness (QED) is 0.196. The minimum Gasteiger partial charge on any atom is -0.308 e. The van der Waals surface area contributed by atoms with E-state index in [1.807, 2.05) is 0 Å². The molecule has 0 aromatic heterocycles. The molecule has 0 rings (SSSR count). The first-order chi connectivity index (χ1) is 11.5. The zero-order valence-electron chi connectivity index (χ0n) is 17.1. The summed E-state index contributed by atoms with van der Waals surface area (Å²) in [5, 5.41) is -0.335. The van der Waals surface area contributed by atoms with Gasteiger partial charge in [0, 0.05) is 0 Å². The Hall–Kier alpha value is 0.150. The molecule has 0 bridgehead atoms. The lowest BCUT2D eigenvalue weighted by Crippen LogP contribution is -2.28. The van der Waals surface area contributed by atoms with Gasteiger partial charge in [-0.15, -0.1) is 0 Å². The first-order valence-corrected chi connectivity index (χ1v) is 11.9. The molecule has 0 aliphatic rings. The molecule has 1 unspecified atom stereocenters. The van der Waals surface area contributed by atoms with E-state index in [4.69, 9.17) is 9.05 Å². The molecule has 4 heteroatoms. The largest absolute Gasteiger partial charge is 0.336 e. The summed E-state index contributed by atoms with van der Waals surface area (Å²) in [6, 6.07) is 0. The van der Waals surface area contributed by atoms with Crippen LogP contribution in [-0.4, -0.2) is 18.4 Å². The van der Waals surface area contributed by atoms with Crippen LogP contribution in [0.3, 0.4) is 0 Å². The van der Waals surface area contributed by atoms with Crippen molar-refractivity contribution in [1.29, 1.82) is 0 Å². The van der Waals surface area contributed by atoms with Crippen LogP contribution in [0.1, 0.15) is 112 Å². The van der Waals surface area contributed by atoms with E-state index >= 15 is 0 Å². The summed E-state index contributed by atoms with van der Waals surface area (Å²) in [6.45, 7) is 11.8. The van der Waals surface area contributed by atoms with E-state index < -0.39 is 7.60 Å². The number of rotatable bonds is 17.